The zero-order chi connectivity index (χ0) is 12.3. The molecule has 1 aromatic carbocycles. The van der Waals surface area contributed by atoms with Crippen LogP contribution in [0, 0.1) is 6.92 Å². The lowest BCUT2D eigenvalue weighted by Crippen LogP contribution is -2.10. The monoisotopic (exact) mass is 249 g/mol. The molecular formula is C14H16ClNO. The average Bonchev–Trinajstić information content (AvgIpc) is 2.82. The molecule has 0 radical (unpaired) electrons. The van der Waals surface area contributed by atoms with Gasteiger partial charge in [-0.3, -0.25) is 0 Å². The van der Waals surface area contributed by atoms with Gasteiger partial charge in [0.15, 0.2) is 0 Å². The summed E-state index contributed by atoms with van der Waals surface area (Å²) < 4.78 is 5.43. The molecular weight excluding hydrogens is 234 g/mol. The summed E-state index contributed by atoms with van der Waals surface area (Å²) in [6.07, 6.45) is 2.64. The summed E-state index contributed by atoms with van der Waals surface area (Å²) in [5, 5.41) is 4.19. The minimum absolute atomic E-state index is 0.156. The van der Waals surface area contributed by atoms with E-state index >= 15 is 0 Å². The third kappa shape index (κ3) is 2.64. The summed E-state index contributed by atoms with van der Waals surface area (Å²) in [5.41, 5.74) is 2.12. The fraction of sp³-hybridized carbons (Fsp3) is 0.286. The Labute approximate surface area is 107 Å². The molecule has 2 rings (SSSR count). The second-order valence-electron chi connectivity index (χ2n) is 4.05. The number of para-hydroxylation sites is 1. The van der Waals surface area contributed by atoms with Gasteiger partial charge >= 0.3 is 0 Å². The van der Waals surface area contributed by atoms with Crippen molar-refractivity contribution in [3.05, 3.63) is 52.9 Å². The van der Waals surface area contributed by atoms with E-state index in [0.717, 1.165) is 28.5 Å². The summed E-state index contributed by atoms with van der Waals surface area (Å²) in [5.74, 6) is 0.937. The number of benzene rings is 1. The highest BCUT2D eigenvalue weighted by Gasteiger charge is 2.14. The summed E-state index contributed by atoms with van der Waals surface area (Å²) >= 11 is 6.20. The molecule has 1 N–H and O–H groups in total. The highest BCUT2D eigenvalue weighted by Crippen LogP contribution is 2.30. The lowest BCUT2D eigenvalue weighted by Gasteiger charge is -2.18. The van der Waals surface area contributed by atoms with Crippen LogP contribution < -0.4 is 5.32 Å². The fourth-order valence-electron chi connectivity index (χ4n) is 1.85. The van der Waals surface area contributed by atoms with Crippen molar-refractivity contribution in [3.8, 4) is 0 Å². The maximum atomic E-state index is 6.20. The predicted molar refractivity (Wildman–Crippen MR) is 71.6 cm³/mol. The quantitative estimate of drug-likeness (QED) is 0.842. The van der Waals surface area contributed by atoms with Gasteiger partial charge in [-0.2, -0.15) is 0 Å². The molecule has 0 aliphatic rings. The number of rotatable bonds is 4. The van der Waals surface area contributed by atoms with E-state index < -0.39 is 0 Å². The van der Waals surface area contributed by atoms with Gasteiger partial charge < -0.3 is 9.73 Å². The van der Waals surface area contributed by atoms with Crippen LogP contribution in [0.2, 0.25) is 5.02 Å². The minimum atomic E-state index is 0.156. The molecule has 17 heavy (non-hydrogen) atoms. The van der Waals surface area contributed by atoms with Crippen molar-refractivity contribution in [3.63, 3.8) is 0 Å². The molecule has 1 aromatic heterocycles. The van der Waals surface area contributed by atoms with Crippen LogP contribution in [0.15, 0.2) is 41.0 Å². The Morgan fingerprint density at radius 2 is 2.12 bits per heavy atom. The Kier molecular flexibility index (Phi) is 3.75. The topological polar surface area (TPSA) is 25.2 Å². The van der Waals surface area contributed by atoms with Crippen molar-refractivity contribution in [1.29, 1.82) is 0 Å². The van der Waals surface area contributed by atoms with E-state index in [9.17, 15) is 0 Å². The van der Waals surface area contributed by atoms with E-state index in [1.165, 1.54) is 0 Å². The largest absolute Gasteiger partial charge is 0.467 e. The molecule has 0 fully saturated rings. The molecule has 2 aromatic rings. The summed E-state index contributed by atoms with van der Waals surface area (Å²) in [7, 11) is 0. The second-order valence-corrected chi connectivity index (χ2v) is 4.46. The molecule has 1 heterocycles. The van der Waals surface area contributed by atoms with Crippen molar-refractivity contribution < 1.29 is 4.42 Å². The first-order chi connectivity index (χ1) is 8.22. The van der Waals surface area contributed by atoms with Gasteiger partial charge in [0.25, 0.3) is 0 Å². The van der Waals surface area contributed by atoms with Gasteiger partial charge in [0.05, 0.1) is 23.0 Å². The first-order valence-electron chi connectivity index (χ1n) is 5.77. The van der Waals surface area contributed by atoms with E-state index in [2.05, 4.69) is 12.2 Å². The van der Waals surface area contributed by atoms with Gasteiger partial charge in [-0.1, -0.05) is 30.7 Å². The van der Waals surface area contributed by atoms with Crippen molar-refractivity contribution in [2.45, 2.75) is 26.3 Å². The van der Waals surface area contributed by atoms with Crippen molar-refractivity contribution in [1.82, 2.24) is 0 Å². The number of anilines is 1. The van der Waals surface area contributed by atoms with Crippen molar-refractivity contribution in [2.75, 3.05) is 5.32 Å². The fourth-order valence-corrected chi connectivity index (χ4v) is 2.13. The molecule has 3 heteroatoms. The van der Waals surface area contributed by atoms with Gasteiger partial charge in [0, 0.05) is 0 Å². The summed E-state index contributed by atoms with van der Waals surface area (Å²) in [6.45, 7) is 4.16. The van der Waals surface area contributed by atoms with Crippen LogP contribution in [0.4, 0.5) is 5.69 Å². The molecule has 1 unspecified atom stereocenters. The van der Waals surface area contributed by atoms with Crippen molar-refractivity contribution in [2.24, 2.45) is 0 Å². The Bertz CT molecular complexity index is 459. The van der Waals surface area contributed by atoms with Crippen LogP contribution in [0.25, 0.3) is 0 Å². The zero-order valence-corrected chi connectivity index (χ0v) is 10.8. The number of nitrogens with one attached hydrogen (secondary N) is 1. The Morgan fingerprint density at radius 1 is 1.29 bits per heavy atom. The molecule has 0 amide bonds. The zero-order valence-electron chi connectivity index (χ0n) is 10.0. The maximum absolute atomic E-state index is 6.20. The number of aryl methyl sites for hydroxylation is 1. The van der Waals surface area contributed by atoms with E-state index in [-0.39, 0.29) is 6.04 Å². The lowest BCUT2D eigenvalue weighted by molar-refractivity contribution is 0.474. The molecule has 0 spiro atoms. The van der Waals surface area contributed by atoms with Gasteiger partial charge in [-0.25, -0.2) is 0 Å². The molecule has 1 atom stereocenters. The Morgan fingerprint density at radius 3 is 2.71 bits per heavy atom. The number of hydrogen-bond donors (Lipinski definition) is 1. The van der Waals surface area contributed by atoms with E-state index in [0.29, 0.717) is 0 Å². The van der Waals surface area contributed by atoms with Crippen LogP contribution in [0.1, 0.15) is 30.7 Å². The van der Waals surface area contributed by atoms with Gasteiger partial charge in [-0.15, -0.1) is 0 Å². The molecule has 0 saturated carbocycles. The Hall–Kier alpha value is -1.41. The smallest absolute Gasteiger partial charge is 0.125 e. The van der Waals surface area contributed by atoms with Crippen molar-refractivity contribution >= 4 is 17.3 Å². The first kappa shape index (κ1) is 12.1. The normalized spacial score (nSPS) is 12.4. The van der Waals surface area contributed by atoms with E-state index in [4.69, 9.17) is 16.0 Å². The van der Waals surface area contributed by atoms with Gasteiger partial charge in [0.1, 0.15) is 5.76 Å². The van der Waals surface area contributed by atoms with Crippen LogP contribution in [0.5, 0.6) is 0 Å². The highest BCUT2D eigenvalue weighted by atomic mass is 35.5. The number of hydrogen-bond acceptors (Lipinski definition) is 2. The molecule has 90 valence electrons. The third-order valence-electron chi connectivity index (χ3n) is 2.84. The Balaban J connectivity index is 2.25. The molecule has 0 aliphatic carbocycles. The second kappa shape index (κ2) is 5.28. The molecule has 2 nitrogen and oxygen atoms in total. The molecule has 0 bridgehead atoms. The summed E-state index contributed by atoms with van der Waals surface area (Å²) in [6, 6.07) is 9.93. The SMILES string of the molecule is CCC(Nc1c(C)cccc1Cl)c1ccco1. The third-order valence-corrected chi connectivity index (χ3v) is 3.15. The summed E-state index contributed by atoms with van der Waals surface area (Å²) in [4.78, 5) is 0. The average molecular weight is 250 g/mol. The van der Waals surface area contributed by atoms with Gasteiger partial charge in [0.2, 0.25) is 0 Å². The number of furan rings is 1. The number of halogens is 1. The minimum Gasteiger partial charge on any atom is -0.467 e. The van der Waals surface area contributed by atoms with Crippen LogP contribution in [0.3, 0.4) is 0 Å². The van der Waals surface area contributed by atoms with Crippen LogP contribution in [-0.2, 0) is 0 Å². The van der Waals surface area contributed by atoms with Crippen LogP contribution >= 0.6 is 11.6 Å². The van der Waals surface area contributed by atoms with E-state index in [1.54, 1.807) is 6.26 Å². The first-order valence-corrected chi connectivity index (χ1v) is 6.15. The maximum Gasteiger partial charge on any atom is 0.125 e. The van der Waals surface area contributed by atoms with Crippen LogP contribution in [-0.4, -0.2) is 0 Å². The van der Waals surface area contributed by atoms with E-state index in [1.807, 2.05) is 37.3 Å². The van der Waals surface area contributed by atoms with Gasteiger partial charge in [-0.05, 0) is 37.1 Å². The lowest BCUT2D eigenvalue weighted by atomic mass is 10.1. The standard InChI is InChI=1S/C14H16ClNO/c1-3-12(13-8-5-9-17-13)16-14-10(2)6-4-7-11(14)15/h4-9,12,16H,3H2,1-2H3. The molecule has 0 saturated heterocycles. The predicted octanol–water partition coefficient (Wildman–Crippen LogP) is 4.80. The highest BCUT2D eigenvalue weighted by molar-refractivity contribution is 6.33. The molecule has 0 aliphatic heterocycles.